The highest BCUT2D eigenvalue weighted by Crippen LogP contribution is 2.20. The van der Waals surface area contributed by atoms with Crippen molar-refractivity contribution in [1.82, 2.24) is 5.32 Å². The zero-order valence-corrected chi connectivity index (χ0v) is 13.2. The number of hydrogen-bond donors (Lipinski definition) is 3. The number of carbonyl (C=O) groups is 2. The van der Waals surface area contributed by atoms with E-state index >= 15 is 0 Å². The quantitative estimate of drug-likeness (QED) is 0.794. The van der Waals surface area contributed by atoms with Gasteiger partial charge in [0.05, 0.1) is 5.56 Å². The molecular weight excluding hydrogens is 292 g/mol. The molecule has 0 aliphatic rings. The van der Waals surface area contributed by atoms with Gasteiger partial charge >= 0.3 is 0 Å². The molecule has 3 N–H and O–H groups in total. The molecule has 0 aromatic heterocycles. The number of rotatable bonds is 5. The van der Waals surface area contributed by atoms with Gasteiger partial charge in [-0.25, -0.2) is 0 Å². The Kier molecular flexibility index (Phi) is 5.36. The van der Waals surface area contributed by atoms with Crippen molar-refractivity contribution in [2.45, 2.75) is 20.3 Å². The van der Waals surface area contributed by atoms with E-state index in [0.29, 0.717) is 17.8 Å². The molecule has 2 rings (SSSR count). The fourth-order valence-corrected chi connectivity index (χ4v) is 2.08. The molecule has 0 atom stereocenters. The van der Waals surface area contributed by atoms with Crippen LogP contribution in [0.2, 0.25) is 0 Å². The van der Waals surface area contributed by atoms with Gasteiger partial charge in [0.15, 0.2) is 0 Å². The van der Waals surface area contributed by atoms with Crippen molar-refractivity contribution < 1.29 is 14.7 Å². The van der Waals surface area contributed by atoms with E-state index < -0.39 is 5.91 Å². The van der Waals surface area contributed by atoms with Crippen LogP contribution in [0.3, 0.4) is 0 Å². The summed E-state index contributed by atoms with van der Waals surface area (Å²) in [4.78, 5) is 24.0. The fourth-order valence-electron chi connectivity index (χ4n) is 2.08. The van der Waals surface area contributed by atoms with Crippen LogP contribution in [0, 0.1) is 6.92 Å². The van der Waals surface area contributed by atoms with Crippen molar-refractivity contribution in [1.29, 1.82) is 0 Å². The number of phenols is 1. The first-order chi connectivity index (χ1) is 11.0. The Morgan fingerprint density at radius 3 is 2.39 bits per heavy atom. The van der Waals surface area contributed by atoms with Gasteiger partial charge in [0.2, 0.25) is 0 Å². The zero-order valence-electron chi connectivity index (χ0n) is 13.2. The summed E-state index contributed by atoms with van der Waals surface area (Å²) in [5.41, 5.74) is 2.20. The monoisotopic (exact) mass is 312 g/mol. The Morgan fingerprint density at radius 2 is 1.74 bits per heavy atom. The van der Waals surface area contributed by atoms with Crippen LogP contribution < -0.4 is 10.6 Å². The maximum absolute atomic E-state index is 12.2. The molecule has 0 heterocycles. The lowest BCUT2D eigenvalue weighted by atomic mass is 10.1. The van der Waals surface area contributed by atoms with E-state index in [1.807, 2.05) is 13.8 Å². The number of benzene rings is 2. The normalized spacial score (nSPS) is 10.2. The Morgan fingerprint density at radius 1 is 1.04 bits per heavy atom. The first kappa shape index (κ1) is 16.5. The Balaban J connectivity index is 2.07. The van der Waals surface area contributed by atoms with E-state index in [9.17, 15) is 14.7 Å². The second-order valence-corrected chi connectivity index (χ2v) is 5.31. The van der Waals surface area contributed by atoms with Gasteiger partial charge in [0, 0.05) is 17.8 Å². The van der Waals surface area contributed by atoms with Crippen molar-refractivity contribution in [3.63, 3.8) is 0 Å². The van der Waals surface area contributed by atoms with Crippen molar-refractivity contribution in [3.8, 4) is 5.75 Å². The average molecular weight is 312 g/mol. The molecule has 2 amide bonds. The Hall–Kier alpha value is -2.82. The highest BCUT2D eigenvalue weighted by molar-refractivity contribution is 6.06. The molecule has 5 heteroatoms. The molecule has 23 heavy (non-hydrogen) atoms. The topological polar surface area (TPSA) is 78.4 Å². The number of hydrogen-bond acceptors (Lipinski definition) is 3. The van der Waals surface area contributed by atoms with Crippen molar-refractivity contribution in [2.75, 3.05) is 11.9 Å². The van der Waals surface area contributed by atoms with E-state index in [4.69, 9.17) is 0 Å². The maximum atomic E-state index is 12.2. The smallest absolute Gasteiger partial charge is 0.259 e. The third-order valence-corrected chi connectivity index (χ3v) is 3.34. The second-order valence-electron chi connectivity index (χ2n) is 5.31. The van der Waals surface area contributed by atoms with Crippen LogP contribution in [0.5, 0.6) is 5.75 Å². The fraction of sp³-hybridized carbons (Fsp3) is 0.222. The highest BCUT2D eigenvalue weighted by Gasteiger charge is 2.12. The van der Waals surface area contributed by atoms with Crippen LogP contribution >= 0.6 is 0 Å². The minimum Gasteiger partial charge on any atom is -0.507 e. The number of aryl methyl sites for hydroxylation is 1. The van der Waals surface area contributed by atoms with Gasteiger partial charge in [-0.3, -0.25) is 9.59 Å². The molecule has 2 aromatic carbocycles. The van der Waals surface area contributed by atoms with E-state index in [2.05, 4.69) is 10.6 Å². The van der Waals surface area contributed by atoms with Gasteiger partial charge < -0.3 is 15.7 Å². The van der Waals surface area contributed by atoms with E-state index in [1.165, 1.54) is 6.07 Å². The van der Waals surface area contributed by atoms with Gasteiger partial charge in [-0.15, -0.1) is 0 Å². The van der Waals surface area contributed by atoms with Crippen molar-refractivity contribution in [3.05, 3.63) is 59.2 Å². The molecule has 0 aliphatic carbocycles. The van der Waals surface area contributed by atoms with Gasteiger partial charge in [-0.2, -0.15) is 0 Å². The zero-order chi connectivity index (χ0) is 16.8. The minimum absolute atomic E-state index is 0.0661. The van der Waals surface area contributed by atoms with Crippen LogP contribution in [-0.2, 0) is 0 Å². The first-order valence-electron chi connectivity index (χ1n) is 7.50. The highest BCUT2D eigenvalue weighted by atomic mass is 16.3. The molecule has 120 valence electrons. The van der Waals surface area contributed by atoms with Crippen LogP contribution in [-0.4, -0.2) is 23.5 Å². The molecule has 0 unspecified atom stereocenters. The summed E-state index contributed by atoms with van der Waals surface area (Å²) < 4.78 is 0. The lowest BCUT2D eigenvalue weighted by Gasteiger charge is -2.09. The summed E-state index contributed by atoms with van der Waals surface area (Å²) in [6.07, 6.45) is 0.875. The van der Waals surface area contributed by atoms with Gasteiger partial charge in [0.1, 0.15) is 5.75 Å². The van der Waals surface area contributed by atoms with Crippen LogP contribution in [0.4, 0.5) is 5.69 Å². The summed E-state index contributed by atoms with van der Waals surface area (Å²) in [5, 5.41) is 15.3. The molecule has 0 fully saturated rings. The lowest BCUT2D eigenvalue weighted by molar-refractivity contribution is 0.0953. The summed E-state index contributed by atoms with van der Waals surface area (Å²) in [7, 11) is 0. The average Bonchev–Trinajstić information content (AvgIpc) is 2.55. The van der Waals surface area contributed by atoms with Crippen molar-refractivity contribution in [2.24, 2.45) is 0 Å². The third kappa shape index (κ3) is 4.32. The second kappa shape index (κ2) is 7.45. The number of phenolic OH excluding ortho intramolecular Hbond substituents is 1. The van der Waals surface area contributed by atoms with Gasteiger partial charge in [-0.05, 0) is 49.7 Å². The van der Waals surface area contributed by atoms with Crippen LogP contribution in [0.15, 0.2) is 42.5 Å². The standard InChI is InChI=1S/C18H20N2O3/c1-3-10-19-17(22)13-5-7-14(8-6-13)20-18(23)15-11-12(2)4-9-16(15)21/h4-9,11,21H,3,10H2,1-2H3,(H,19,22)(H,20,23). The number of carbonyl (C=O) groups excluding carboxylic acids is 2. The van der Waals surface area contributed by atoms with E-state index in [0.717, 1.165) is 12.0 Å². The summed E-state index contributed by atoms with van der Waals surface area (Å²) >= 11 is 0. The summed E-state index contributed by atoms with van der Waals surface area (Å²) in [6.45, 7) is 4.46. The molecule has 0 spiro atoms. The van der Waals surface area contributed by atoms with E-state index in [1.54, 1.807) is 36.4 Å². The van der Waals surface area contributed by atoms with Gasteiger partial charge in [-0.1, -0.05) is 18.6 Å². The van der Waals surface area contributed by atoms with Crippen LogP contribution in [0.25, 0.3) is 0 Å². The van der Waals surface area contributed by atoms with Crippen LogP contribution in [0.1, 0.15) is 39.6 Å². The van der Waals surface area contributed by atoms with Gasteiger partial charge in [0.25, 0.3) is 11.8 Å². The maximum Gasteiger partial charge on any atom is 0.259 e. The van der Waals surface area contributed by atoms with E-state index in [-0.39, 0.29) is 17.2 Å². The Bertz CT molecular complexity index is 709. The number of amides is 2. The Labute approximate surface area is 135 Å². The lowest BCUT2D eigenvalue weighted by Crippen LogP contribution is -2.23. The number of nitrogens with one attached hydrogen (secondary N) is 2. The minimum atomic E-state index is -0.394. The molecule has 0 saturated carbocycles. The summed E-state index contributed by atoms with van der Waals surface area (Å²) in [6, 6.07) is 11.5. The third-order valence-electron chi connectivity index (χ3n) is 3.34. The largest absolute Gasteiger partial charge is 0.507 e. The molecule has 0 radical (unpaired) electrons. The molecule has 0 aliphatic heterocycles. The predicted molar refractivity (Wildman–Crippen MR) is 89.9 cm³/mol. The molecule has 0 saturated heterocycles. The predicted octanol–water partition coefficient (Wildman–Crippen LogP) is 3.09. The molecule has 0 bridgehead atoms. The van der Waals surface area contributed by atoms with Crippen molar-refractivity contribution >= 4 is 17.5 Å². The summed E-state index contributed by atoms with van der Waals surface area (Å²) in [5.74, 6) is -0.598. The molecule has 2 aromatic rings. The molecule has 5 nitrogen and oxygen atoms in total. The number of aromatic hydroxyl groups is 1. The number of anilines is 1. The SMILES string of the molecule is CCCNC(=O)c1ccc(NC(=O)c2cc(C)ccc2O)cc1. The first-order valence-corrected chi connectivity index (χ1v) is 7.50. The molecular formula is C18H20N2O3.